The Morgan fingerprint density at radius 1 is 1.14 bits per heavy atom. The fourth-order valence-electron chi connectivity index (χ4n) is 1.86. The van der Waals surface area contributed by atoms with Gasteiger partial charge in [0.2, 0.25) is 0 Å². The number of rotatable bonds is 6. The molecule has 4 nitrogen and oxygen atoms in total. The third-order valence-corrected chi connectivity index (χ3v) is 3.57. The molecule has 110 valence electrons. The van der Waals surface area contributed by atoms with E-state index >= 15 is 0 Å². The second-order valence-corrected chi connectivity index (χ2v) is 5.34. The summed E-state index contributed by atoms with van der Waals surface area (Å²) in [6.45, 7) is 0.811. The highest BCUT2D eigenvalue weighted by Gasteiger charge is 2.09. The highest BCUT2D eigenvalue weighted by Crippen LogP contribution is 2.28. The average molecular weight is 349 g/mol. The van der Waals surface area contributed by atoms with Gasteiger partial charge in [0.15, 0.2) is 6.61 Å². The van der Waals surface area contributed by atoms with Crippen LogP contribution in [0.5, 0.6) is 5.75 Å². The lowest BCUT2D eigenvalue weighted by molar-refractivity contribution is -0.123. The van der Waals surface area contributed by atoms with Crippen LogP contribution in [0.2, 0.25) is 0 Å². The topological polar surface area (TPSA) is 64.3 Å². The summed E-state index contributed by atoms with van der Waals surface area (Å²) in [5.41, 5.74) is 7.57. The van der Waals surface area contributed by atoms with E-state index in [1.807, 2.05) is 48.5 Å². The molecule has 0 saturated carbocycles. The van der Waals surface area contributed by atoms with E-state index in [9.17, 15) is 4.79 Å². The maximum absolute atomic E-state index is 11.8. The molecule has 0 aliphatic carbocycles. The smallest absolute Gasteiger partial charge is 0.258 e. The third kappa shape index (κ3) is 4.58. The Morgan fingerprint density at radius 3 is 2.62 bits per heavy atom. The monoisotopic (exact) mass is 348 g/mol. The number of nitrogens with one attached hydrogen (secondary N) is 1. The van der Waals surface area contributed by atoms with Crippen molar-refractivity contribution in [3.63, 3.8) is 0 Å². The number of para-hydroxylation sites is 1. The standard InChI is InChI=1S/C16H17BrN2O2/c17-14-8-4-7-13(9-18)16(14)21-11-15(20)19-10-12-5-2-1-3-6-12/h1-8H,9-11,18H2,(H,19,20). The molecule has 0 saturated heterocycles. The summed E-state index contributed by atoms with van der Waals surface area (Å²) < 4.78 is 6.36. The van der Waals surface area contributed by atoms with E-state index in [0.717, 1.165) is 15.6 Å². The van der Waals surface area contributed by atoms with Gasteiger partial charge < -0.3 is 15.8 Å². The van der Waals surface area contributed by atoms with Crippen LogP contribution in [0.4, 0.5) is 0 Å². The van der Waals surface area contributed by atoms with Gasteiger partial charge in [-0.15, -0.1) is 0 Å². The largest absolute Gasteiger partial charge is 0.482 e. The predicted molar refractivity (Wildman–Crippen MR) is 85.8 cm³/mol. The van der Waals surface area contributed by atoms with Crippen LogP contribution in [0.1, 0.15) is 11.1 Å². The first-order valence-electron chi connectivity index (χ1n) is 6.61. The molecule has 2 rings (SSSR count). The lowest BCUT2D eigenvalue weighted by Crippen LogP contribution is -2.28. The Labute approximate surface area is 132 Å². The number of carbonyl (C=O) groups is 1. The number of benzene rings is 2. The summed E-state index contributed by atoms with van der Waals surface area (Å²) in [4.78, 5) is 11.8. The number of ether oxygens (including phenoxy) is 1. The van der Waals surface area contributed by atoms with Crippen molar-refractivity contribution in [1.29, 1.82) is 0 Å². The fraction of sp³-hybridized carbons (Fsp3) is 0.188. The highest BCUT2D eigenvalue weighted by atomic mass is 79.9. The van der Waals surface area contributed by atoms with Crippen LogP contribution in [-0.2, 0) is 17.9 Å². The van der Waals surface area contributed by atoms with E-state index in [1.165, 1.54) is 0 Å². The Morgan fingerprint density at radius 2 is 1.90 bits per heavy atom. The summed E-state index contributed by atoms with van der Waals surface area (Å²) in [6.07, 6.45) is 0. The van der Waals surface area contributed by atoms with Gasteiger partial charge >= 0.3 is 0 Å². The van der Waals surface area contributed by atoms with Crippen molar-refractivity contribution in [2.24, 2.45) is 5.73 Å². The zero-order valence-corrected chi connectivity index (χ0v) is 13.1. The molecule has 0 heterocycles. The van der Waals surface area contributed by atoms with Gasteiger partial charge in [-0.3, -0.25) is 4.79 Å². The summed E-state index contributed by atoms with van der Waals surface area (Å²) in [5, 5.41) is 2.82. The van der Waals surface area contributed by atoms with Crippen molar-refractivity contribution in [2.75, 3.05) is 6.61 Å². The molecule has 0 unspecified atom stereocenters. The SMILES string of the molecule is NCc1cccc(Br)c1OCC(=O)NCc1ccccc1. The normalized spacial score (nSPS) is 10.2. The van der Waals surface area contributed by atoms with Gasteiger partial charge in [0.25, 0.3) is 5.91 Å². The summed E-state index contributed by atoms with van der Waals surface area (Å²) in [7, 11) is 0. The van der Waals surface area contributed by atoms with Gasteiger partial charge in [0.05, 0.1) is 4.47 Å². The molecule has 0 aliphatic rings. The van der Waals surface area contributed by atoms with Crippen molar-refractivity contribution in [3.05, 3.63) is 64.1 Å². The molecule has 2 aromatic carbocycles. The number of hydrogen-bond acceptors (Lipinski definition) is 3. The van der Waals surface area contributed by atoms with Crippen LogP contribution in [-0.4, -0.2) is 12.5 Å². The molecule has 0 radical (unpaired) electrons. The summed E-state index contributed by atoms with van der Waals surface area (Å²) in [6, 6.07) is 15.4. The Kier molecular flexibility index (Phi) is 5.78. The molecule has 0 fully saturated rings. The Hall–Kier alpha value is -1.85. The minimum absolute atomic E-state index is 0.0392. The van der Waals surface area contributed by atoms with E-state index < -0.39 is 0 Å². The molecule has 3 N–H and O–H groups in total. The molecule has 1 amide bonds. The molecule has 2 aromatic rings. The van der Waals surface area contributed by atoms with Gasteiger partial charge in [-0.05, 0) is 27.6 Å². The van der Waals surface area contributed by atoms with Crippen molar-refractivity contribution in [3.8, 4) is 5.75 Å². The zero-order valence-electron chi connectivity index (χ0n) is 11.5. The lowest BCUT2D eigenvalue weighted by Gasteiger charge is -2.12. The quantitative estimate of drug-likeness (QED) is 0.843. The third-order valence-electron chi connectivity index (χ3n) is 2.95. The summed E-state index contributed by atoms with van der Waals surface area (Å²) in [5.74, 6) is 0.451. The first-order chi connectivity index (χ1) is 10.2. The Balaban J connectivity index is 1.87. The molecule has 0 aliphatic heterocycles. The van der Waals surface area contributed by atoms with Gasteiger partial charge in [-0.1, -0.05) is 42.5 Å². The van der Waals surface area contributed by atoms with Gasteiger partial charge in [0, 0.05) is 18.7 Å². The second-order valence-electron chi connectivity index (χ2n) is 4.48. The number of nitrogens with two attached hydrogens (primary N) is 1. The number of halogens is 1. The van der Waals surface area contributed by atoms with Gasteiger partial charge in [-0.25, -0.2) is 0 Å². The maximum Gasteiger partial charge on any atom is 0.258 e. The van der Waals surface area contributed by atoms with E-state index in [2.05, 4.69) is 21.2 Å². The lowest BCUT2D eigenvalue weighted by atomic mass is 10.2. The van der Waals surface area contributed by atoms with E-state index in [-0.39, 0.29) is 12.5 Å². The van der Waals surface area contributed by atoms with Crippen molar-refractivity contribution in [1.82, 2.24) is 5.32 Å². The molecule has 0 bridgehead atoms. The molecule has 5 heteroatoms. The van der Waals surface area contributed by atoms with Crippen LogP contribution >= 0.6 is 15.9 Å². The maximum atomic E-state index is 11.8. The van der Waals surface area contributed by atoms with Crippen LogP contribution in [0, 0.1) is 0 Å². The van der Waals surface area contributed by atoms with E-state index in [0.29, 0.717) is 18.8 Å². The van der Waals surface area contributed by atoms with Crippen molar-refractivity contribution >= 4 is 21.8 Å². The van der Waals surface area contributed by atoms with E-state index in [4.69, 9.17) is 10.5 Å². The molecule has 21 heavy (non-hydrogen) atoms. The summed E-state index contributed by atoms with van der Waals surface area (Å²) >= 11 is 3.40. The second kappa shape index (κ2) is 7.81. The highest BCUT2D eigenvalue weighted by molar-refractivity contribution is 9.10. The fourth-order valence-corrected chi connectivity index (χ4v) is 2.38. The van der Waals surface area contributed by atoms with Crippen molar-refractivity contribution in [2.45, 2.75) is 13.1 Å². The number of amides is 1. The molecular formula is C16H17BrN2O2. The first kappa shape index (κ1) is 15.5. The Bertz CT molecular complexity index is 602. The minimum atomic E-state index is -0.169. The van der Waals surface area contributed by atoms with Crippen LogP contribution in [0.3, 0.4) is 0 Å². The molecular weight excluding hydrogens is 332 g/mol. The number of hydrogen-bond donors (Lipinski definition) is 2. The van der Waals surface area contributed by atoms with Gasteiger partial charge in [-0.2, -0.15) is 0 Å². The predicted octanol–water partition coefficient (Wildman–Crippen LogP) is 2.60. The van der Waals surface area contributed by atoms with E-state index in [1.54, 1.807) is 0 Å². The van der Waals surface area contributed by atoms with Crippen molar-refractivity contribution < 1.29 is 9.53 Å². The first-order valence-corrected chi connectivity index (χ1v) is 7.41. The van der Waals surface area contributed by atoms with Crippen LogP contribution < -0.4 is 15.8 Å². The average Bonchev–Trinajstić information content (AvgIpc) is 2.52. The van der Waals surface area contributed by atoms with Crippen LogP contribution in [0.25, 0.3) is 0 Å². The molecule has 0 aromatic heterocycles. The zero-order chi connectivity index (χ0) is 15.1. The molecule has 0 spiro atoms. The minimum Gasteiger partial charge on any atom is -0.482 e. The van der Waals surface area contributed by atoms with Crippen LogP contribution in [0.15, 0.2) is 53.0 Å². The van der Waals surface area contributed by atoms with Gasteiger partial charge in [0.1, 0.15) is 5.75 Å². The number of carbonyl (C=O) groups excluding carboxylic acids is 1. The molecule has 0 atom stereocenters.